The van der Waals surface area contributed by atoms with Crippen molar-refractivity contribution in [1.82, 2.24) is 15.3 Å². The lowest BCUT2D eigenvalue weighted by Gasteiger charge is -2.30. The molecule has 2 N–H and O–H groups in total. The number of nitrogens with zero attached hydrogens (tertiary/aromatic N) is 3. The highest BCUT2D eigenvalue weighted by atomic mass is 19.4. The van der Waals surface area contributed by atoms with Crippen LogP contribution < -0.4 is 15.5 Å². The minimum atomic E-state index is -4.56. The molecule has 1 aliphatic carbocycles. The Labute approximate surface area is 197 Å². The molecule has 0 unspecified atom stereocenters. The highest BCUT2D eigenvalue weighted by Gasteiger charge is 2.31. The van der Waals surface area contributed by atoms with E-state index >= 15 is 0 Å². The maximum atomic E-state index is 13.6. The molecule has 2 aromatic carbocycles. The maximum absolute atomic E-state index is 13.6. The zero-order valence-electron chi connectivity index (χ0n) is 18.6. The Kier molecular flexibility index (Phi) is 7.97. The van der Waals surface area contributed by atoms with Crippen LogP contribution in [0.5, 0.6) is 0 Å². The number of hydrogen-bond donors (Lipinski definition) is 2. The summed E-state index contributed by atoms with van der Waals surface area (Å²) in [5.41, 5.74) is 0.213. The molecule has 1 saturated carbocycles. The summed E-state index contributed by atoms with van der Waals surface area (Å²) in [4.78, 5) is 11.3. The lowest BCUT2D eigenvalue weighted by atomic mass is 9.91. The summed E-state index contributed by atoms with van der Waals surface area (Å²) in [6.07, 6.45) is -1.09. The number of rotatable bonds is 6. The third-order valence-corrected chi connectivity index (χ3v) is 5.95. The van der Waals surface area contributed by atoms with E-state index in [0.717, 1.165) is 54.5 Å². The number of alkyl halides is 3. The van der Waals surface area contributed by atoms with Crippen LogP contribution in [0.1, 0.15) is 44.2 Å². The molecule has 1 aliphatic rings. The van der Waals surface area contributed by atoms with Gasteiger partial charge in [0.05, 0.1) is 11.1 Å². The molecule has 0 radical (unpaired) electrons. The lowest BCUT2D eigenvalue weighted by molar-refractivity contribution is -0.137. The standard InChI is InChI=1S/C24H27F4N5.CH4/c1-33(2)22-20-5-3-4-6-21(20)31-23(32-22)30-19-9-7-18(8-10-19)29-14-15-11-16(24(26,27)28)13-17(25)12-15;/h3-6,11-13,18-19,29H,7-10,14H2,1-2H3,(H,30,31,32);1H4. The summed E-state index contributed by atoms with van der Waals surface area (Å²) in [6.45, 7) is 0.198. The van der Waals surface area contributed by atoms with Crippen molar-refractivity contribution in [2.45, 2.75) is 57.9 Å². The van der Waals surface area contributed by atoms with Crippen molar-refractivity contribution in [3.8, 4) is 0 Å². The van der Waals surface area contributed by atoms with E-state index in [1.165, 1.54) is 0 Å². The Bertz CT molecular complexity index is 1110. The molecule has 0 bridgehead atoms. The minimum absolute atomic E-state index is 0. The van der Waals surface area contributed by atoms with E-state index in [-0.39, 0.29) is 26.1 Å². The first-order valence-electron chi connectivity index (χ1n) is 11.0. The van der Waals surface area contributed by atoms with E-state index in [0.29, 0.717) is 17.6 Å². The molecule has 0 saturated heterocycles. The van der Waals surface area contributed by atoms with Crippen LogP contribution in [0.2, 0.25) is 0 Å². The van der Waals surface area contributed by atoms with Crippen LogP contribution in [-0.4, -0.2) is 36.1 Å². The van der Waals surface area contributed by atoms with Gasteiger partial charge in [-0.15, -0.1) is 0 Å². The van der Waals surface area contributed by atoms with E-state index in [4.69, 9.17) is 0 Å². The van der Waals surface area contributed by atoms with Gasteiger partial charge in [0, 0.05) is 38.1 Å². The summed E-state index contributed by atoms with van der Waals surface area (Å²) >= 11 is 0. The first kappa shape index (κ1) is 25.7. The fourth-order valence-electron chi connectivity index (χ4n) is 4.27. The molecule has 0 atom stereocenters. The molecule has 5 nitrogen and oxygen atoms in total. The summed E-state index contributed by atoms with van der Waals surface area (Å²) < 4.78 is 52.3. The highest BCUT2D eigenvalue weighted by molar-refractivity contribution is 5.90. The van der Waals surface area contributed by atoms with Crippen molar-refractivity contribution in [2.24, 2.45) is 0 Å². The van der Waals surface area contributed by atoms with E-state index in [1.54, 1.807) is 0 Å². The molecule has 0 aliphatic heterocycles. The number of halogens is 4. The average Bonchev–Trinajstić information content (AvgIpc) is 2.77. The Hall–Kier alpha value is -2.94. The van der Waals surface area contributed by atoms with Gasteiger partial charge in [0.25, 0.3) is 0 Å². The molecule has 0 amide bonds. The molecule has 0 spiro atoms. The van der Waals surface area contributed by atoms with Crippen LogP contribution in [0.4, 0.5) is 29.3 Å². The van der Waals surface area contributed by atoms with Crippen molar-refractivity contribution >= 4 is 22.7 Å². The second kappa shape index (κ2) is 10.5. The number of anilines is 2. The predicted octanol–water partition coefficient (Wildman–Crippen LogP) is 6.00. The smallest absolute Gasteiger partial charge is 0.362 e. The molecule has 4 rings (SSSR count). The summed E-state index contributed by atoms with van der Waals surface area (Å²) in [5.74, 6) is 0.571. The van der Waals surface area contributed by atoms with E-state index in [2.05, 4.69) is 20.6 Å². The van der Waals surface area contributed by atoms with Gasteiger partial charge in [0.1, 0.15) is 11.6 Å². The Morgan fingerprint density at radius 2 is 1.65 bits per heavy atom. The molecule has 1 heterocycles. The number of fused-ring (bicyclic) bond motifs is 1. The zero-order chi connectivity index (χ0) is 23.6. The third-order valence-electron chi connectivity index (χ3n) is 5.95. The number of aromatic nitrogens is 2. The van der Waals surface area contributed by atoms with Crippen LogP contribution >= 0.6 is 0 Å². The minimum Gasteiger partial charge on any atom is -0.362 e. The van der Waals surface area contributed by atoms with Gasteiger partial charge < -0.3 is 15.5 Å². The van der Waals surface area contributed by atoms with Crippen molar-refractivity contribution < 1.29 is 17.6 Å². The van der Waals surface area contributed by atoms with Gasteiger partial charge >= 0.3 is 6.18 Å². The molecule has 1 fully saturated rings. The average molecular weight is 478 g/mol. The summed E-state index contributed by atoms with van der Waals surface area (Å²) in [6, 6.07) is 10.9. The van der Waals surface area contributed by atoms with Crippen molar-refractivity contribution in [3.05, 3.63) is 59.4 Å². The fourth-order valence-corrected chi connectivity index (χ4v) is 4.27. The van der Waals surface area contributed by atoms with Crippen LogP contribution in [0, 0.1) is 5.82 Å². The molecule has 9 heteroatoms. The Balaban J connectivity index is 0.00000324. The molecular weight excluding hydrogens is 446 g/mol. The zero-order valence-corrected chi connectivity index (χ0v) is 18.6. The van der Waals surface area contributed by atoms with Gasteiger partial charge in [-0.2, -0.15) is 18.2 Å². The largest absolute Gasteiger partial charge is 0.416 e. The van der Waals surface area contributed by atoms with Crippen LogP contribution in [0.3, 0.4) is 0 Å². The molecule has 3 aromatic rings. The van der Waals surface area contributed by atoms with Crippen LogP contribution in [0.15, 0.2) is 42.5 Å². The second-order valence-corrected chi connectivity index (χ2v) is 8.70. The molecule has 34 heavy (non-hydrogen) atoms. The quantitative estimate of drug-likeness (QED) is 0.427. The molecule has 184 valence electrons. The Morgan fingerprint density at radius 3 is 2.32 bits per heavy atom. The normalized spacial score (nSPS) is 18.4. The number of nitrogens with one attached hydrogen (secondary N) is 2. The van der Waals surface area contributed by atoms with Gasteiger partial charge in [-0.3, -0.25) is 0 Å². The van der Waals surface area contributed by atoms with Crippen molar-refractivity contribution in [2.75, 3.05) is 24.3 Å². The van der Waals surface area contributed by atoms with Gasteiger partial charge in [-0.25, -0.2) is 9.37 Å². The summed E-state index contributed by atoms with van der Waals surface area (Å²) in [7, 11) is 3.90. The lowest BCUT2D eigenvalue weighted by Crippen LogP contribution is -2.37. The van der Waals surface area contributed by atoms with Gasteiger partial charge in [-0.1, -0.05) is 19.6 Å². The molecule has 1 aromatic heterocycles. The van der Waals surface area contributed by atoms with Gasteiger partial charge in [0.15, 0.2) is 0 Å². The SMILES string of the molecule is C.CN(C)c1nc(NC2CCC(NCc3cc(F)cc(C(F)(F)F)c3)CC2)nc2ccccc12. The number of benzene rings is 2. The maximum Gasteiger partial charge on any atom is 0.416 e. The second-order valence-electron chi connectivity index (χ2n) is 8.70. The van der Waals surface area contributed by atoms with E-state index in [1.807, 2.05) is 43.3 Å². The van der Waals surface area contributed by atoms with Gasteiger partial charge in [0.2, 0.25) is 5.95 Å². The fraction of sp³-hybridized carbons (Fsp3) is 0.440. The highest BCUT2D eigenvalue weighted by Crippen LogP contribution is 2.31. The molecular formula is C25H31F4N5. The number of para-hydroxylation sites is 1. The number of hydrogen-bond acceptors (Lipinski definition) is 5. The first-order chi connectivity index (χ1) is 15.7. The van der Waals surface area contributed by atoms with Gasteiger partial charge in [-0.05, 0) is 61.6 Å². The summed E-state index contributed by atoms with van der Waals surface area (Å²) in [5, 5.41) is 7.71. The van der Waals surface area contributed by atoms with E-state index in [9.17, 15) is 17.6 Å². The first-order valence-corrected chi connectivity index (χ1v) is 11.0. The Morgan fingerprint density at radius 1 is 0.971 bits per heavy atom. The van der Waals surface area contributed by atoms with E-state index < -0.39 is 17.6 Å². The van der Waals surface area contributed by atoms with Crippen molar-refractivity contribution in [1.29, 1.82) is 0 Å². The van der Waals surface area contributed by atoms with Crippen molar-refractivity contribution in [3.63, 3.8) is 0 Å². The van der Waals surface area contributed by atoms with Crippen LogP contribution in [0.25, 0.3) is 10.9 Å². The topological polar surface area (TPSA) is 53.1 Å². The monoisotopic (exact) mass is 477 g/mol. The van der Waals surface area contributed by atoms with Crippen LogP contribution in [-0.2, 0) is 12.7 Å². The third kappa shape index (κ3) is 6.14. The predicted molar refractivity (Wildman–Crippen MR) is 129 cm³/mol.